The standard InChI is InChI=1S/C65H75N3O/c1-39(2)45-30-46(40(3)4)32-47(31-45)43-23-26-57(41(5)29-43)68-58-20-18-19-53(59(58)67-61(68)54-37-52(64(12,13)14)38-55(60(54)69)65(15,16)17)48-33-49(35-51(34-48)63(9,10)11)56-36-44(27-28-66-56)42-21-24-50(25-22-42)62(6,7)8/h18-40,69H,1-17H3/i5D3,39D. The van der Waals surface area contributed by atoms with Crippen LogP contribution >= 0.6 is 0 Å². The van der Waals surface area contributed by atoms with E-state index in [4.69, 9.17) is 15.5 Å². The molecule has 6 aromatic carbocycles. The molecule has 0 aliphatic heterocycles. The van der Waals surface area contributed by atoms with Gasteiger partial charge in [0.25, 0.3) is 0 Å². The fourth-order valence-corrected chi connectivity index (χ4v) is 9.21. The first-order valence-electron chi connectivity index (χ1n) is 26.6. The predicted molar refractivity (Wildman–Crippen MR) is 295 cm³/mol. The Labute approximate surface area is 419 Å². The summed E-state index contributed by atoms with van der Waals surface area (Å²) in [4.78, 5) is 10.5. The van der Waals surface area contributed by atoms with Gasteiger partial charge in [-0.2, -0.15) is 0 Å². The minimum Gasteiger partial charge on any atom is -0.507 e. The number of benzene rings is 6. The molecule has 4 nitrogen and oxygen atoms in total. The molecule has 8 aromatic rings. The summed E-state index contributed by atoms with van der Waals surface area (Å²) in [5.74, 6) is -0.118. The molecule has 0 fully saturated rings. The molecule has 0 amide bonds. The van der Waals surface area contributed by atoms with Crippen molar-refractivity contribution in [1.29, 1.82) is 0 Å². The van der Waals surface area contributed by atoms with Crippen molar-refractivity contribution in [3.8, 4) is 67.5 Å². The van der Waals surface area contributed by atoms with Crippen LogP contribution in [0.3, 0.4) is 0 Å². The van der Waals surface area contributed by atoms with Gasteiger partial charge in [0.2, 0.25) is 0 Å². The number of hydrogen-bond donors (Lipinski definition) is 1. The monoisotopic (exact) mass is 918 g/mol. The van der Waals surface area contributed by atoms with Crippen molar-refractivity contribution in [2.75, 3.05) is 0 Å². The van der Waals surface area contributed by atoms with Crippen molar-refractivity contribution in [2.45, 2.75) is 151 Å². The number of para-hydroxylation sites is 1. The third kappa shape index (κ3) is 9.96. The number of hydrogen-bond acceptors (Lipinski definition) is 3. The van der Waals surface area contributed by atoms with Crippen LogP contribution in [0.15, 0.2) is 128 Å². The third-order valence-corrected chi connectivity index (χ3v) is 13.7. The molecule has 356 valence electrons. The van der Waals surface area contributed by atoms with Gasteiger partial charge in [-0.15, -0.1) is 0 Å². The summed E-state index contributed by atoms with van der Waals surface area (Å²) in [5.41, 5.74) is 15.1. The second kappa shape index (κ2) is 17.9. The van der Waals surface area contributed by atoms with Crippen molar-refractivity contribution in [3.05, 3.63) is 166 Å². The highest BCUT2D eigenvalue weighted by Crippen LogP contribution is 2.46. The Morgan fingerprint density at radius 1 is 0.536 bits per heavy atom. The smallest absolute Gasteiger partial charge is 0.149 e. The maximum Gasteiger partial charge on any atom is 0.149 e. The topological polar surface area (TPSA) is 50.9 Å². The molecule has 0 radical (unpaired) electrons. The average molecular weight is 918 g/mol. The van der Waals surface area contributed by atoms with E-state index >= 15 is 0 Å². The number of aromatic nitrogens is 3. The second-order valence-electron chi connectivity index (χ2n) is 23.9. The van der Waals surface area contributed by atoms with Crippen molar-refractivity contribution < 1.29 is 10.6 Å². The fraction of sp³-hybridized carbons (Fsp3) is 0.354. The Balaban J connectivity index is 1.43. The molecule has 2 heterocycles. The molecule has 0 spiro atoms. The summed E-state index contributed by atoms with van der Waals surface area (Å²) in [6.45, 7) is 31.6. The summed E-state index contributed by atoms with van der Waals surface area (Å²) in [6.07, 6.45) is 1.88. The number of pyridine rings is 1. The number of phenols is 1. The first-order valence-corrected chi connectivity index (χ1v) is 24.6. The maximum absolute atomic E-state index is 12.6. The lowest BCUT2D eigenvalue weighted by atomic mass is 9.79. The van der Waals surface area contributed by atoms with Crippen LogP contribution in [0.25, 0.3) is 72.7 Å². The van der Waals surface area contributed by atoms with Gasteiger partial charge in [-0.05, 0) is 150 Å². The van der Waals surface area contributed by atoms with Crippen LogP contribution in [0.2, 0.25) is 0 Å². The van der Waals surface area contributed by atoms with Crippen LogP contribution < -0.4 is 0 Å². The highest BCUT2D eigenvalue weighted by molar-refractivity contribution is 5.97. The van der Waals surface area contributed by atoms with E-state index in [-0.39, 0.29) is 33.5 Å². The van der Waals surface area contributed by atoms with Crippen molar-refractivity contribution in [1.82, 2.24) is 14.5 Å². The van der Waals surface area contributed by atoms with Crippen molar-refractivity contribution in [2.24, 2.45) is 0 Å². The number of nitrogens with zero attached hydrogens (tertiary/aromatic N) is 3. The number of aromatic hydroxyl groups is 1. The summed E-state index contributed by atoms with van der Waals surface area (Å²) in [6, 6.07) is 41.8. The van der Waals surface area contributed by atoms with Gasteiger partial charge < -0.3 is 5.11 Å². The average Bonchev–Trinajstić information content (AvgIpc) is 3.69. The Hall–Kier alpha value is -6.26. The van der Waals surface area contributed by atoms with Crippen LogP contribution in [0.5, 0.6) is 5.75 Å². The van der Waals surface area contributed by atoms with Gasteiger partial charge in [-0.1, -0.05) is 184 Å². The van der Waals surface area contributed by atoms with E-state index in [9.17, 15) is 5.11 Å². The van der Waals surface area contributed by atoms with Gasteiger partial charge in [-0.25, -0.2) is 4.98 Å². The molecule has 2 aromatic heterocycles. The quantitative estimate of drug-likeness (QED) is 0.165. The molecular formula is C65H75N3O. The van der Waals surface area contributed by atoms with E-state index in [0.717, 1.165) is 72.5 Å². The predicted octanol–water partition coefficient (Wildman–Crippen LogP) is 18.2. The molecule has 8 rings (SSSR count). The summed E-state index contributed by atoms with van der Waals surface area (Å²) >= 11 is 0. The summed E-state index contributed by atoms with van der Waals surface area (Å²) in [7, 11) is 0. The Bertz CT molecular complexity index is 3380. The highest BCUT2D eigenvalue weighted by atomic mass is 16.3. The van der Waals surface area contributed by atoms with Gasteiger partial charge in [0.1, 0.15) is 11.6 Å². The molecule has 0 unspecified atom stereocenters. The molecular weight excluding hydrogens is 839 g/mol. The fourth-order valence-electron chi connectivity index (χ4n) is 9.21. The molecule has 0 aliphatic carbocycles. The molecule has 4 heteroatoms. The summed E-state index contributed by atoms with van der Waals surface area (Å²) in [5, 5.41) is 12.6. The van der Waals surface area contributed by atoms with Gasteiger partial charge in [0.15, 0.2) is 0 Å². The van der Waals surface area contributed by atoms with Crippen LogP contribution in [-0.2, 0) is 21.7 Å². The second-order valence-corrected chi connectivity index (χ2v) is 23.9. The summed E-state index contributed by atoms with van der Waals surface area (Å²) < 4.78 is 38.4. The van der Waals surface area contributed by atoms with E-state index in [2.05, 4.69) is 176 Å². The molecule has 0 bridgehead atoms. The lowest BCUT2D eigenvalue weighted by Gasteiger charge is -2.27. The van der Waals surface area contributed by atoms with E-state index in [1.807, 2.05) is 61.0 Å². The van der Waals surface area contributed by atoms with Gasteiger partial charge in [0, 0.05) is 28.4 Å². The minimum atomic E-state index is -2.55. The van der Waals surface area contributed by atoms with E-state index < -0.39 is 18.2 Å². The lowest BCUT2D eigenvalue weighted by Crippen LogP contribution is -2.17. The number of rotatable bonds is 8. The van der Waals surface area contributed by atoms with Gasteiger partial charge >= 0.3 is 0 Å². The zero-order chi connectivity index (χ0) is 53.5. The molecule has 1 N–H and O–H groups in total. The molecule has 0 aliphatic rings. The first-order chi connectivity index (χ1) is 33.7. The maximum atomic E-state index is 12.6. The zero-order valence-electron chi connectivity index (χ0n) is 48.0. The third-order valence-electron chi connectivity index (χ3n) is 13.7. The number of fused-ring (bicyclic) bond motifs is 1. The number of phenolic OH excluding ortho intramolecular Hbond substituents is 1. The normalized spacial score (nSPS) is 13.9. The van der Waals surface area contributed by atoms with Crippen molar-refractivity contribution in [3.63, 3.8) is 0 Å². The van der Waals surface area contributed by atoms with Crippen LogP contribution in [0, 0.1) is 6.85 Å². The lowest BCUT2D eigenvalue weighted by molar-refractivity contribution is 0.446. The first kappa shape index (κ1) is 44.0. The van der Waals surface area contributed by atoms with Crippen LogP contribution in [0.4, 0.5) is 0 Å². The Kier molecular flexibility index (Phi) is 11.4. The van der Waals surface area contributed by atoms with E-state index in [1.54, 1.807) is 6.07 Å². The van der Waals surface area contributed by atoms with Crippen molar-refractivity contribution >= 4 is 11.0 Å². The molecule has 0 atom stereocenters. The van der Waals surface area contributed by atoms with E-state index in [0.29, 0.717) is 28.1 Å². The Morgan fingerprint density at radius 3 is 1.78 bits per heavy atom. The zero-order valence-corrected chi connectivity index (χ0v) is 44.0. The molecule has 0 saturated heterocycles. The van der Waals surface area contributed by atoms with Gasteiger partial charge in [-0.3, -0.25) is 9.55 Å². The molecule has 69 heavy (non-hydrogen) atoms. The van der Waals surface area contributed by atoms with Crippen LogP contribution in [0.1, 0.15) is 167 Å². The number of imidazole rings is 1. The highest BCUT2D eigenvalue weighted by Gasteiger charge is 2.29. The molecule has 0 saturated carbocycles. The minimum absolute atomic E-state index is 0.0472. The SMILES string of the molecule is [2H]C([2H])([2H])c1cc(-c2cc(C(C)C)cc(C([2H])(C)C)c2)ccc1-n1c(-c2cc(C(C)(C)C)cc(C(C)(C)C)c2O)nc2c(-c3cc(-c4cc(-c5ccc(C(C)(C)C)cc5)ccn4)cc(C(C)(C)C)c3)cccc21. The Morgan fingerprint density at radius 2 is 1.16 bits per heavy atom. The van der Waals surface area contributed by atoms with E-state index in [1.165, 1.54) is 5.56 Å². The van der Waals surface area contributed by atoms with Crippen LogP contribution in [-0.4, -0.2) is 19.6 Å². The number of aryl methyl sites for hydroxylation is 1. The van der Waals surface area contributed by atoms with Gasteiger partial charge in [0.05, 0.1) is 28.0 Å². The largest absolute Gasteiger partial charge is 0.507 e.